The molecular weight excluding hydrogens is 200 g/mol. The van der Waals surface area contributed by atoms with E-state index < -0.39 is 0 Å². The molecule has 3 heteroatoms. The number of rotatable bonds is 8. The molecule has 0 atom stereocenters. The number of aldehydes is 1. The molecule has 0 amide bonds. The van der Waals surface area contributed by atoms with E-state index in [1.165, 1.54) is 0 Å². The molecule has 0 saturated carbocycles. The Hall–Kier alpha value is -1.51. The zero-order chi connectivity index (χ0) is 11.6. The summed E-state index contributed by atoms with van der Waals surface area (Å²) >= 11 is 0. The van der Waals surface area contributed by atoms with Crippen LogP contribution in [0, 0.1) is 0 Å². The molecule has 0 aliphatic carbocycles. The summed E-state index contributed by atoms with van der Waals surface area (Å²) in [6.07, 6.45) is 6.10. The van der Waals surface area contributed by atoms with Gasteiger partial charge in [-0.15, -0.1) is 0 Å². The number of benzene rings is 1. The van der Waals surface area contributed by atoms with Crippen LogP contribution in [0.1, 0.15) is 32.1 Å². The lowest BCUT2D eigenvalue weighted by atomic mass is 10.1. The maximum atomic E-state index is 10.1. The van der Waals surface area contributed by atoms with Crippen molar-refractivity contribution < 1.29 is 4.79 Å². The van der Waals surface area contributed by atoms with Crippen LogP contribution >= 0.6 is 0 Å². The van der Waals surface area contributed by atoms with Gasteiger partial charge < -0.3 is 15.8 Å². The number of carbonyl (C=O) groups excluding carboxylic acids is 1. The standard InChI is InChI=1S/C13H20N2O/c14-12-8-4-5-9-13(12)15-10-6-2-1-3-7-11-16/h4-5,8-9,11,15H,1-3,6-7,10,14H2. The van der Waals surface area contributed by atoms with E-state index in [0.29, 0.717) is 6.42 Å². The average Bonchev–Trinajstić information content (AvgIpc) is 2.30. The van der Waals surface area contributed by atoms with Crippen LogP contribution in [0.3, 0.4) is 0 Å². The van der Waals surface area contributed by atoms with Crippen LogP contribution in [-0.4, -0.2) is 12.8 Å². The molecule has 0 fully saturated rings. The Morgan fingerprint density at radius 1 is 1.12 bits per heavy atom. The summed E-state index contributed by atoms with van der Waals surface area (Å²) in [5.74, 6) is 0. The summed E-state index contributed by atoms with van der Waals surface area (Å²) in [6.45, 7) is 0.940. The van der Waals surface area contributed by atoms with Crippen LogP contribution in [-0.2, 0) is 4.79 Å². The monoisotopic (exact) mass is 220 g/mol. The first-order chi connectivity index (χ1) is 7.84. The van der Waals surface area contributed by atoms with Gasteiger partial charge in [-0.3, -0.25) is 0 Å². The molecule has 0 heterocycles. The highest BCUT2D eigenvalue weighted by Crippen LogP contribution is 2.16. The maximum Gasteiger partial charge on any atom is 0.119 e. The van der Waals surface area contributed by atoms with Gasteiger partial charge in [-0.25, -0.2) is 0 Å². The van der Waals surface area contributed by atoms with Gasteiger partial charge in [0.2, 0.25) is 0 Å². The zero-order valence-corrected chi connectivity index (χ0v) is 9.61. The molecule has 0 spiro atoms. The maximum absolute atomic E-state index is 10.1. The van der Waals surface area contributed by atoms with Crippen LogP contribution in [0.5, 0.6) is 0 Å². The van der Waals surface area contributed by atoms with E-state index in [-0.39, 0.29) is 0 Å². The first-order valence-corrected chi connectivity index (χ1v) is 5.86. The third-order valence-electron chi connectivity index (χ3n) is 2.52. The molecule has 0 radical (unpaired) electrons. The van der Waals surface area contributed by atoms with Gasteiger partial charge in [0.1, 0.15) is 6.29 Å². The largest absolute Gasteiger partial charge is 0.397 e. The SMILES string of the molecule is Nc1ccccc1NCCCCCCC=O. The Bertz CT molecular complexity index is 313. The quantitative estimate of drug-likeness (QED) is 0.402. The van der Waals surface area contributed by atoms with Crippen molar-refractivity contribution >= 4 is 17.7 Å². The molecule has 0 aliphatic heterocycles. The van der Waals surface area contributed by atoms with E-state index in [0.717, 1.165) is 49.9 Å². The number of nitrogens with one attached hydrogen (secondary N) is 1. The molecule has 3 N–H and O–H groups in total. The van der Waals surface area contributed by atoms with Gasteiger partial charge in [0.25, 0.3) is 0 Å². The number of carbonyl (C=O) groups is 1. The highest BCUT2D eigenvalue weighted by Gasteiger charge is 1.95. The van der Waals surface area contributed by atoms with Gasteiger partial charge >= 0.3 is 0 Å². The van der Waals surface area contributed by atoms with Crippen molar-refractivity contribution in [2.45, 2.75) is 32.1 Å². The predicted molar refractivity (Wildman–Crippen MR) is 68.5 cm³/mol. The van der Waals surface area contributed by atoms with E-state index in [2.05, 4.69) is 5.32 Å². The van der Waals surface area contributed by atoms with Crippen LogP contribution < -0.4 is 11.1 Å². The van der Waals surface area contributed by atoms with Gasteiger partial charge in [-0.1, -0.05) is 25.0 Å². The normalized spacial score (nSPS) is 10.0. The Morgan fingerprint density at radius 3 is 2.62 bits per heavy atom. The molecule has 1 aromatic carbocycles. The van der Waals surface area contributed by atoms with E-state index in [9.17, 15) is 4.79 Å². The second-order valence-electron chi connectivity index (χ2n) is 3.88. The van der Waals surface area contributed by atoms with Crippen molar-refractivity contribution in [1.29, 1.82) is 0 Å². The Labute approximate surface area is 97.0 Å². The van der Waals surface area contributed by atoms with Crippen molar-refractivity contribution in [3.05, 3.63) is 24.3 Å². The van der Waals surface area contributed by atoms with E-state index in [1.807, 2.05) is 24.3 Å². The minimum absolute atomic E-state index is 0.694. The molecule has 0 aromatic heterocycles. The smallest absolute Gasteiger partial charge is 0.119 e. The average molecular weight is 220 g/mol. The molecule has 3 nitrogen and oxygen atoms in total. The molecule has 88 valence electrons. The number of nitrogen functional groups attached to an aromatic ring is 1. The zero-order valence-electron chi connectivity index (χ0n) is 9.61. The minimum atomic E-state index is 0.694. The van der Waals surface area contributed by atoms with Crippen LogP contribution in [0.4, 0.5) is 11.4 Å². The van der Waals surface area contributed by atoms with Crippen molar-refractivity contribution in [3.63, 3.8) is 0 Å². The summed E-state index contributed by atoms with van der Waals surface area (Å²) in [5, 5.41) is 3.31. The number of hydrogen-bond donors (Lipinski definition) is 2. The van der Waals surface area contributed by atoms with E-state index >= 15 is 0 Å². The molecule has 1 rings (SSSR count). The van der Waals surface area contributed by atoms with Gasteiger partial charge in [0.05, 0.1) is 11.4 Å². The highest BCUT2D eigenvalue weighted by atomic mass is 16.1. The number of para-hydroxylation sites is 2. The second kappa shape index (κ2) is 7.74. The van der Waals surface area contributed by atoms with E-state index in [1.54, 1.807) is 0 Å². The van der Waals surface area contributed by atoms with Gasteiger partial charge in [-0.2, -0.15) is 0 Å². The van der Waals surface area contributed by atoms with E-state index in [4.69, 9.17) is 5.73 Å². The van der Waals surface area contributed by atoms with Crippen molar-refractivity contribution in [2.75, 3.05) is 17.6 Å². The molecule has 0 bridgehead atoms. The molecule has 16 heavy (non-hydrogen) atoms. The summed E-state index contributed by atoms with van der Waals surface area (Å²) in [6, 6.07) is 7.79. The highest BCUT2D eigenvalue weighted by molar-refractivity contribution is 5.65. The molecule has 0 unspecified atom stereocenters. The lowest BCUT2D eigenvalue weighted by Gasteiger charge is -2.08. The first kappa shape index (κ1) is 12.6. The van der Waals surface area contributed by atoms with Gasteiger partial charge in [0, 0.05) is 13.0 Å². The first-order valence-electron chi connectivity index (χ1n) is 5.86. The lowest BCUT2D eigenvalue weighted by Crippen LogP contribution is -2.03. The summed E-state index contributed by atoms with van der Waals surface area (Å²) < 4.78 is 0. The fourth-order valence-electron chi connectivity index (χ4n) is 1.59. The second-order valence-corrected chi connectivity index (χ2v) is 3.88. The summed E-state index contributed by atoms with van der Waals surface area (Å²) in [4.78, 5) is 10.1. The number of hydrogen-bond acceptors (Lipinski definition) is 3. The third-order valence-corrected chi connectivity index (χ3v) is 2.52. The van der Waals surface area contributed by atoms with Gasteiger partial charge in [0.15, 0.2) is 0 Å². The topological polar surface area (TPSA) is 55.1 Å². The molecule has 0 saturated heterocycles. The number of anilines is 2. The van der Waals surface area contributed by atoms with Crippen LogP contribution in [0.2, 0.25) is 0 Å². The van der Waals surface area contributed by atoms with Crippen LogP contribution in [0.15, 0.2) is 24.3 Å². The number of nitrogens with two attached hydrogens (primary N) is 1. The Kier molecular flexibility index (Phi) is 6.07. The third kappa shape index (κ3) is 4.82. The summed E-state index contributed by atoms with van der Waals surface area (Å²) in [5.41, 5.74) is 7.60. The summed E-state index contributed by atoms with van der Waals surface area (Å²) in [7, 11) is 0. The molecule has 0 aliphatic rings. The molecular formula is C13H20N2O. The fraction of sp³-hybridized carbons (Fsp3) is 0.462. The van der Waals surface area contributed by atoms with Crippen molar-refractivity contribution in [3.8, 4) is 0 Å². The van der Waals surface area contributed by atoms with Crippen molar-refractivity contribution in [1.82, 2.24) is 0 Å². The predicted octanol–water partition coefficient (Wildman–Crippen LogP) is 2.83. The Morgan fingerprint density at radius 2 is 1.88 bits per heavy atom. The van der Waals surface area contributed by atoms with Crippen LogP contribution in [0.25, 0.3) is 0 Å². The molecule has 1 aromatic rings. The minimum Gasteiger partial charge on any atom is -0.397 e. The number of unbranched alkanes of at least 4 members (excludes halogenated alkanes) is 4. The Balaban J connectivity index is 2.07. The fourth-order valence-corrected chi connectivity index (χ4v) is 1.59. The van der Waals surface area contributed by atoms with Gasteiger partial charge in [-0.05, 0) is 25.0 Å². The van der Waals surface area contributed by atoms with Crippen molar-refractivity contribution in [2.24, 2.45) is 0 Å². The lowest BCUT2D eigenvalue weighted by molar-refractivity contribution is -0.107.